The Morgan fingerprint density at radius 1 is 1.39 bits per heavy atom. The van der Waals surface area contributed by atoms with Gasteiger partial charge in [-0.1, -0.05) is 6.92 Å². The van der Waals surface area contributed by atoms with E-state index >= 15 is 0 Å². The van der Waals surface area contributed by atoms with Gasteiger partial charge in [0.25, 0.3) is 0 Å². The number of carbonyl (C=O) groups excluding carboxylic acids is 1. The summed E-state index contributed by atoms with van der Waals surface area (Å²) < 4.78 is 5.45. The van der Waals surface area contributed by atoms with E-state index in [-0.39, 0.29) is 23.5 Å². The molecule has 2 atom stereocenters. The molecule has 0 heterocycles. The van der Waals surface area contributed by atoms with E-state index < -0.39 is 0 Å². The van der Waals surface area contributed by atoms with E-state index in [2.05, 4.69) is 10.6 Å². The molecule has 108 valence electrons. The third kappa shape index (κ3) is 5.33. The summed E-state index contributed by atoms with van der Waals surface area (Å²) in [6.07, 6.45) is 0. The first kappa shape index (κ1) is 17.4. The molecule has 5 heteroatoms. The van der Waals surface area contributed by atoms with Crippen LogP contribution in [0.25, 0.3) is 0 Å². The van der Waals surface area contributed by atoms with Crippen molar-refractivity contribution in [3.05, 3.63) is 0 Å². The monoisotopic (exact) mass is 259 g/mol. The molecule has 0 aliphatic heterocycles. The second-order valence-corrected chi connectivity index (χ2v) is 5.46. The number of nitrogens with one attached hydrogen (secondary N) is 2. The van der Waals surface area contributed by atoms with Crippen molar-refractivity contribution in [2.45, 2.75) is 32.4 Å². The smallest absolute Gasteiger partial charge is 0.237 e. The van der Waals surface area contributed by atoms with E-state index in [4.69, 9.17) is 4.74 Å². The lowest BCUT2D eigenvalue weighted by molar-refractivity contribution is -0.128. The van der Waals surface area contributed by atoms with Gasteiger partial charge in [0.1, 0.15) is 0 Å². The standard InChI is InChI=1S/C13H29N3O2/c1-10(13(2,3)18-7)11(14-4)12(17)15-8-9-16(5)6/h10-11,14H,8-9H2,1-7H3,(H,15,17). The van der Waals surface area contributed by atoms with Crippen LogP contribution in [-0.4, -0.2) is 63.8 Å². The van der Waals surface area contributed by atoms with Gasteiger partial charge >= 0.3 is 0 Å². The van der Waals surface area contributed by atoms with Gasteiger partial charge in [-0.05, 0) is 35.0 Å². The Hall–Kier alpha value is -0.650. The summed E-state index contributed by atoms with van der Waals surface area (Å²) in [5, 5.41) is 6.02. The second-order valence-electron chi connectivity index (χ2n) is 5.46. The zero-order valence-corrected chi connectivity index (χ0v) is 12.8. The van der Waals surface area contributed by atoms with Crippen molar-refractivity contribution in [3.63, 3.8) is 0 Å². The Bertz CT molecular complexity index is 255. The highest BCUT2D eigenvalue weighted by Crippen LogP contribution is 2.23. The molecule has 0 radical (unpaired) electrons. The zero-order valence-electron chi connectivity index (χ0n) is 12.8. The number of amides is 1. The first-order chi connectivity index (χ1) is 8.26. The maximum absolute atomic E-state index is 12.1. The third-order valence-corrected chi connectivity index (χ3v) is 3.57. The lowest BCUT2D eigenvalue weighted by atomic mass is 9.85. The molecule has 0 aromatic carbocycles. The van der Waals surface area contributed by atoms with Crippen LogP contribution in [0.4, 0.5) is 0 Å². The molecule has 2 N–H and O–H groups in total. The summed E-state index contributed by atoms with van der Waals surface area (Å²) in [6.45, 7) is 7.51. The van der Waals surface area contributed by atoms with Crippen molar-refractivity contribution in [2.75, 3.05) is 41.3 Å². The van der Waals surface area contributed by atoms with Crippen LogP contribution in [0.2, 0.25) is 0 Å². The first-order valence-corrected chi connectivity index (χ1v) is 6.41. The van der Waals surface area contributed by atoms with Crippen LogP contribution in [0.1, 0.15) is 20.8 Å². The average Bonchev–Trinajstić information content (AvgIpc) is 2.29. The van der Waals surface area contributed by atoms with E-state index in [1.54, 1.807) is 14.2 Å². The van der Waals surface area contributed by atoms with Gasteiger partial charge in [-0.2, -0.15) is 0 Å². The maximum atomic E-state index is 12.1. The Labute approximate surface area is 111 Å². The van der Waals surface area contributed by atoms with Crippen molar-refractivity contribution < 1.29 is 9.53 Å². The number of likely N-dealkylation sites (N-methyl/N-ethyl adjacent to an activating group) is 2. The summed E-state index contributed by atoms with van der Waals surface area (Å²) >= 11 is 0. The van der Waals surface area contributed by atoms with Crippen LogP contribution >= 0.6 is 0 Å². The molecule has 0 bridgehead atoms. The van der Waals surface area contributed by atoms with Gasteiger partial charge in [0.15, 0.2) is 0 Å². The molecule has 1 amide bonds. The minimum absolute atomic E-state index is 0.0250. The fourth-order valence-corrected chi connectivity index (χ4v) is 1.71. The third-order valence-electron chi connectivity index (χ3n) is 3.57. The van der Waals surface area contributed by atoms with Crippen LogP contribution in [0.5, 0.6) is 0 Å². The van der Waals surface area contributed by atoms with Gasteiger partial charge in [0.2, 0.25) is 5.91 Å². The molecule has 18 heavy (non-hydrogen) atoms. The second kappa shape index (κ2) is 7.71. The zero-order chi connectivity index (χ0) is 14.3. The van der Waals surface area contributed by atoms with Crippen molar-refractivity contribution >= 4 is 5.91 Å². The Morgan fingerprint density at radius 3 is 2.33 bits per heavy atom. The quantitative estimate of drug-likeness (QED) is 0.659. The molecule has 0 spiro atoms. The summed E-state index contributed by atoms with van der Waals surface area (Å²) in [7, 11) is 7.45. The van der Waals surface area contributed by atoms with Gasteiger partial charge in [-0.25, -0.2) is 0 Å². The average molecular weight is 259 g/mol. The molecule has 5 nitrogen and oxygen atoms in total. The highest BCUT2D eigenvalue weighted by Gasteiger charge is 2.35. The van der Waals surface area contributed by atoms with Crippen LogP contribution in [0.3, 0.4) is 0 Å². The maximum Gasteiger partial charge on any atom is 0.237 e. The lowest BCUT2D eigenvalue weighted by Gasteiger charge is -2.35. The van der Waals surface area contributed by atoms with Crippen molar-refractivity contribution in [2.24, 2.45) is 5.92 Å². The molecular weight excluding hydrogens is 230 g/mol. The van der Waals surface area contributed by atoms with Crippen molar-refractivity contribution in [1.82, 2.24) is 15.5 Å². The predicted octanol–water partition coefficient (Wildman–Crippen LogP) is 0.313. The topological polar surface area (TPSA) is 53.6 Å². The predicted molar refractivity (Wildman–Crippen MR) is 74.7 cm³/mol. The Morgan fingerprint density at radius 2 is 1.94 bits per heavy atom. The van der Waals surface area contributed by atoms with Gasteiger partial charge in [-0.15, -0.1) is 0 Å². The fraction of sp³-hybridized carbons (Fsp3) is 0.923. The molecule has 0 aromatic heterocycles. The lowest BCUT2D eigenvalue weighted by Crippen LogP contribution is -2.53. The fourth-order valence-electron chi connectivity index (χ4n) is 1.71. The highest BCUT2D eigenvalue weighted by molar-refractivity contribution is 5.82. The number of ether oxygens (including phenoxy) is 1. The van der Waals surface area contributed by atoms with E-state index in [9.17, 15) is 4.79 Å². The number of hydrogen-bond acceptors (Lipinski definition) is 4. The molecule has 2 unspecified atom stereocenters. The number of carbonyl (C=O) groups is 1. The van der Waals surface area contributed by atoms with Gasteiger partial charge in [0, 0.05) is 26.1 Å². The summed E-state index contributed by atoms with van der Waals surface area (Å²) in [5.41, 5.74) is -0.341. The van der Waals surface area contributed by atoms with Gasteiger partial charge in [0.05, 0.1) is 11.6 Å². The normalized spacial score (nSPS) is 15.6. The van der Waals surface area contributed by atoms with Gasteiger partial charge in [-0.3, -0.25) is 4.79 Å². The minimum atomic E-state index is -0.341. The van der Waals surface area contributed by atoms with E-state index in [0.29, 0.717) is 6.54 Å². The highest BCUT2D eigenvalue weighted by atomic mass is 16.5. The van der Waals surface area contributed by atoms with Crippen molar-refractivity contribution in [1.29, 1.82) is 0 Å². The van der Waals surface area contributed by atoms with E-state index in [0.717, 1.165) is 6.54 Å². The molecule has 0 saturated carbocycles. The van der Waals surface area contributed by atoms with Crippen LogP contribution < -0.4 is 10.6 Å². The Balaban J connectivity index is 4.44. The van der Waals surface area contributed by atoms with E-state index in [1.165, 1.54) is 0 Å². The van der Waals surface area contributed by atoms with Crippen LogP contribution in [-0.2, 0) is 9.53 Å². The molecule has 0 fully saturated rings. The molecule has 0 rings (SSSR count). The van der Waals surface area contributed by atoms with Gasteiger partial charge < -0.3 is 20.3 Å². The molecular formula is C13H29N3O2. The molecule has 0 saturated heterocycles. The molecule has 0 aliphatic carbocycles. The SMILES string of the molecule is CNC(C(=O)NCCN(C)C)C(C)C(C)(C)OC. The largest absolute Gasteiger partial charge is 0.378 e. The number of rotatable bonds is 8. The molecule has 0 aromatic rings. The Kier molecular flexibility index (Phi) is 7.43. The number of hydrogen-bond donors (Lipinski definition) is 2. The first-order valence-electron chi connectivity index (χ1n) is 6.41. The van der Waals surface area contributed by atoms with Crippen LogP contribution in [0, 0.1) is 5.92 Å². The summed E-state index contributed by atoms with van der Waals surface area (Å²) in [6, 6.07) is -0.248. The summed E-state index contributed by atoms with van der Waals surface area (Å²) in [4.78, 5) is 14.2. The summed E-state index contributed by atoms with van der Waals surface area (Å²) in [5.74, 6) is 0.101. The number of methoxy groups -OCH3 is 1. The molecule has 0 aliphatic rings. The minimum Gasteiger partial charge on any atom is -0.378 e. The van der Waals surface area contributed by atoms with E-state index in [1.807, 2.05) is 39.8 Å². The van der Waals surface area contributed by atoms with Crippen molar-refractivity contribution in [3.8, 4) is 0 Å². The van der Waals surface area contributed by atoms with Crippen LogP contribution in [0.15, 0.2) is 0 Å². The number of nitrogens with zero attached hydrogens (tertiary/aromatic N) is 1.